The minimum absolute atomic E-state index is 0.333. The van der Waals surface area contributed by atoms with E-state index >= 15 is 0 Å². The van der Waals surface area contributed by atoms with Crippen LogP contribution in [0.1, 0.15) is 53.4 Å². The second-order valence-electron chi connectivity index (χ2n) is 10.8. The van der Waals surface area contributed by atoms with Crippen LogP contribution < -0.4 is 11.5 Å². The van der Waals surface area contributed by atoms with Gasteiger partial charge in [-0.2, -0.15) is 0 Å². The van der Waals surface area contributed by atoms with E-state index in [-0.39, 0.29) is 0 Å². The van der Waals surface area contributed by atoms with E-state index in [0.29, 0.717) is 17.6 Å². The molecule has 1 saturated carbocycles. The van der Waals surface area contributed by atoms with E-state index in [0.717, 1.165) is 24.0 Å². The Balaban J connectivity index is 0.000000154. The van der Waals surface area contributed by atoms with Gasteiger partial charge in [-0.05, 0) is 71.9 Å². The van der Waals surface area contributed by atoms with E-state index in [2.05, 4.69) is 47.8 Å². The van der Waals surface area contributed by atoms with Gasteiger partial charge in [-0.25, -0.2) is 0 Å². The molecule has 4 aliphatic heterocycles. The fourth-order valence-electron chi connectivity index (χ4n) is 5.72. The second kappa shape index (κ2) is 10.4. The number of rotatable bonds is 0. The molecule has 0 aromatic rings. The number of nitrogens with two attached hydrogens (primary N) is 2. The molecule has 5 aliphatic rings. The van der Waals surface area contributed by atoms with E-state index < -0.39 is 0 Å². The van der Waals surface area contributed by atoms with Gasteiger partial charge in [0.2, 0.25) is 0 Å². The van der Waals surface area contributed by atoms with Crippen molar-refractivity contribution in [2.75, 3.05) is 54.4 Å². The molecule has 29 heavy (non-hydrogen) atoms. The fraction of sp³-hybridized carbons (Fsp3) is 1.00. The molecule has 4 heterocycles. The van der Waals surface area contributed by atoms with Gasteiger partial charge in [-0.1, -0.05) is 27.7 Å². The highest BCUT2D eigenvalue weighted by atomic mass is 15.4. The minimum Gasteiger partial charge on any atom is -0.328 e. The predicted octanol–water partition coefficient (Wildman–Crippen LogP) is 1.50. The monoisotopic (exact) mass is 410 g/mol. The van der Waals surface area contributed by atoms with Gasteiger partial charge in [0.1, 0.15) is 0 Å². The highest BCUT2D eigenvalue weighted by molar-refractivity contribution is 5.26. The van der Waals surface area contributed by atoms with Gasteiger partial charge in [0.25, 0.3) is 0 Å². The predicted molar refractivity (Wildman–Crippen MR) is 125 cm³/mol. The molecule has 6 nitrogen and oxygen atoms in total. The maximum atomic E-state index is 5.11. The number of likely N-dealkylation sites (tertiary alicyclic amines) is 2. The van der Waals surface area contributed by atoms with Crippen molar-refractivity contribution in [3.8, 4) is 0 Å². The summed E-state index contributed by atoms with van der Waals surface area (Å²) in [6.07, 6.45) is 5.80. The Bertz CT molecular complexity index is 462. The van der Waals surface area contributed by atoms with Crippen LogP contribution in [0.2, 0.25) is 0 Å². The van der Waals surface area contributed by atoms with Crippen molar-refractivity contribution in [3.05, 3.63) is 0 Å². The van der Waals surface area contributed by atoms with Crippen LogP contribution >= 0.6 is 0 Å². The normalized spacial score (nSPS) is 40.3. The largest absolute Gasteiger partial charge is 0.328 e. The summed E-state index contributed by atoms with van der Waals surface area (Å²) in [5.74, 6) is 1.01. The van der Waals surface area contributed by atoms with Gasteiger partial charge in [0, 0.05) is 49.8 Å². The van der Waals surface area contributed by atoms with Crippen LogP contribution in [0, 0.1) is 5.92 Å². The molecule has 0 aromatic heterocycles. The first-order valence-corrected chi connectivity index (χ1v) is 11.8. The third-order valence-corrected chi connectivity index (χ3v) is 7.28. The Kier molecular flexibility index (Phi) is 8.96. The van der Waals surface area contributed by atoms with Crippen molar-refractivity contribution in [3.63, 3.8) is 0 Å². The Morgan fingerprint density at radius 1 is 0.724 bits per heavy atom. The van der Waals surface area contributed by atoms with Crippen molar-refractivity contribution in [1.82, 2.24) is 19.6 Å². The summed E-state index contributed by atoms with van der Waals surface area (Å²) in [5, 5.41) is 0. The molecular weight excluding hydrogens is 360 g/mol. The SMILES string of the molecule is CC(C)N.CC(C)N.CN1CC2CCC(C1)N2C.CN1CC2CCC23C(C1)N3C. The molecule has 5 fully saturated rings. The first-order chi connectivity index (χ1) is 13.5. The van der Waals surface area contributed by atoms with E-state index in [4.69, 9.17) is 11.5 Å². The van der Waals surface area contributed by atoms with Crippen molar-refractivity contribution in [1.29, 1.82) is 0 Å². The van der Waals surface area contributed by atoms with Gasteiger partial charge in [-0.15, -0.1) is 0 Å². The molecule has 5 rings (SSSR count). The summed E-state index contributed by atoms with van der Waals surface area (Å²) in [4.78, 5) is 10.1. The molecule has 0 radical (unpaired) electrons. The highest BCUT2D eigenvalue weighted by Crippen LogP contribution is 2.60. The molecule has 2 bridgehead atoms. The molecule has 1 aliphatic carbocycles. The van der Waals surface area contributed by atoms with E-state index in [1.54, 1.807) is 0 Å². The Hall–Kier alpha value is -0.240. The summed E-state index contributed by atoms with van der Waals surface area (Å²) in [6.45, 7) is 13.0. The second-order valence-corrected chi connectivity index (χ2v) is 10.8. The third kappa shape index (κ3) is 6.14. The highest BCUT2D eigenvalue weighted by Gasteiger charge is 2.70. The molecule has 0 aromatic carbocycles. The molecule has 6 heteroatoms. The van der Waals surface area contributed by atoms with Crippen LogP contribution in [0.3, 0.4) is 0 Å². The smallest absolute Gasteiger partial charge is 0.0418 e. The summed E-state index contributed by atoms with van der Waals surface area (Å²) < 4.78 is 0. The molecule has 0 amide bonds. The van der Waals surface area contributed by atoms with Gasteiger partial charge in [0.05, 0.1) is 0 Å². The van der Waals surface area contributed by atoms with Crippen molar-refractivity contribution < 1.29 is 0 Å². The van der Waals surface area contributed by atoms with E-state index in [1.165, 1.54) is 51.9 Å². The number of nitrogens with zero attached hydrogens (tertiary/aromatic N) is 4. The quantitative estimate of drug-likeness (QED) is 0.590. The lowest BCUT2D eigenvalue weighted by atomic mass is 9.68. The fourth-order valence-corrected chi connectivity index (χ4v) is 5.72. The average molecular weight is 411 g/mol. The topological polar surface area (TPSA) is 64.8 Å². The maximum absolute atomic E-state index is 5.11. The van der Waals surface area contributed by atoms with Crippen LogP contribution in [-0.4, -0.2) is 110 Å². The number of piperazine rings is 1. The number of piperidine rings is 1. The van der Waals surface area contributed by atoms with Crippen molar-refractivity contribution in [2.45, 2.75) is 89.1 Å². The molecule has 4 saturated heterocycles. The zero-order valence-electron chi connectivity index (χ0n) is 20.6. The van der Waals surface area contributed by atoms with Crippen LogP contribution in [0.4, 0.5) is 0 Å². The van der Waals surface area contributed by atoms with Crippen LogP contribution in [-0.2, 0) is 0 Å². The number of hydrogen-bond acceptors (Lipinski definition) is 6. The summed E-state index contributed by atoms with van der Waals surface area (Å²) in [7, 11) is 9.07. The first kappa shape index (κ1) is 25.0. The zero-order valence-corrected chi connectivity index (χ0v) is 20.6. The van der Waals surface area contributed by atoms with Gasteiger partial charge < -0.3 is 21.3 Å². The number of fused-ring (bicyclic) bond motifs is 2. The lowest BCUT2D eigenvalue weighted by Gasteiger charge is -2.43. The lowest BCUT2D eigenvalue weighted by Crippen LogP contribution is -2.51. The molecule has 6 unspecified atom stereocenters. The molecule has 4 N–H and O–H groups in total. The van der Waals surface area contributed by atoms with Crippen LogP contribution in [0.15, 0.2) is 0 Å². The van der Waals surface area contributed by atoms with Gasteiger partial charge in [0.15, 0.2) is 0 Å². The summed E-state index contributed by atoms with van der Waals surface area (Å²) in [6, 6.07) is 3.31. The summed E-state index contributed by atoms with van der Waals surface area (Å²) in [5.41, 5.74) is 10.9. The molecule has 6 atom stereocenters. The van der Waals surface area contributed by atoms with Gasteiger partial charge >= 0.3 is 0 Å². The van der Waals surface area contributed by atoms with Crippen molar-refractivity contribution >= 4 is 0 Å². The first-order valence-electron chi connectivity index (χ1n) is 11.8. The van der Waals surface area contributed by atoms with Gasteiger partial charge in [-0.3, -0.25) is 9.80 Å². The van der Waals surface area contributed by atoms with Crippen molar-refractivity contribution in [2.24, 2.45) is 17.4 Å². The molecule has 172 valence electrons. The Morgan fingerprint density at radius 3 is 1.55 bits per heavy atom. The third-order valence-electron chi connectivity index (χ3n) is 7.28. The average Bonchev–Trinajstić information content (AvgIpc) is 3.13. The number of hydrogen-bond donors (Lipinski definition) is 2. The van der Waals surface area contributed by atoms with Crippen LogP contribution in [0.5, 0.6) is 0 Å². The van der Waals surface area contributed by atoms with Crippen LogP contribution in [0.25, 0.3) is 0 Å². The maximum Gasteiger partial charge on any atom is 0.0418 e. The van der Waals surface area contributed by atoms with E-state index in [9.17, 15) is 0 Å². The standard InChI is InChI=1S/C9H16N2.C8H16N2.2C3H9N/c1-10-5-7-3-4-9(7)8(6-10)11(9)2;1-9-5-7-3-4-8(6-9)10(7)2;2*1-3(2)4/h7-8H,3-6H2,1-2H3;7-8H,3-6H2,1-2H3;2*3H,4H2,1-2H3. The Labute approximate surface area is 180 Å². The number of likely N-dealkylation sites (N-methyl/N-ethyl adjacent to an activating group) is 4. The Morgan fingerprint density at radius 2 is 1.17 bits per heavy atom. The minimum atomic E-state index is 0.333. The summed E-state index contributed by atoms with van der Waals surface area (Å²) >= 11 is 0. The molecular formula is C23H50N6. The lowest BCUT2D eigenvalue weighted by molar-refractivity contribution is 0.100. The zero-order chi connectivity index (χ0) is 21.9. The van der Waals surface area contributed by atoms with E-state index in [1.807, 2.05) is 27.7 Å². The molecule has 1 spiro atoms.